The van der Waals surface area contributed by atoms with Crippen molar-refractivity contribution < 1.29 is 0 Å². The molecule has 21 heavy (non-hydrogen) atoms. The van der Waals surface area contributed by atoms with E-state index in [1.165, 1.54) is 0 Å². The molecule has 0 heterocycles. The highest BCUT2D eigenvalue weighted by Crippen LogP contribution is 2.19. The molecule has 0 amide bonds. The first-order valence-electron chi connectivity index (χ1n) is 6.90. The Balaban J connectivity index is 1.89. The average Bonchev–Trinajstić information content (AvgIpc) is 2.56. The first-order valence-corrected chi connectivity index (χ1v) is 6.90. The minimum atomic E-state index is 0.991. The van der Waals surface area contributed by atoms with E-state index in [-0.39, 0.29) is 0 Å². The first-order chi connectivity index (χ1) is 10.4. The molecule has 0 aliphatic rings. The summed E-state index contributed by atoms with van der Waals surface area (Å²) in [6, 6.07) is 28.2. The quantitative estimate of drug-likeness (QED) is 0.657. The molecule has 1 nitrogen and oxygen atoms in total. The number of nitrogens with one attached hydrogen (secondary N) is 1. The van der Waals surface area contributed by atoms with Crippen LogP contribution >= 0.6 is 0 Å². The van der Waals surface area contributed by atoms with Crippen molar-refractivity contribution in [3.63, 3.8) is 0 Å². The van der Waals surface area contributed by atoms with Gasteiger partial charge >= 0.3 is 0 Å². The van der Waals surface area contributed by atoms with Gasteiger partial charge in [-0.05, 0) is 36.4 Å². The Kier molecular flexibility index (Phi) is 4.00. The van der Waals surface area contributed by atoms with Crippen molar-refractivity contribution in [3.8, 4) is 11.8 Å². The number of para-hydroxylation sites is 2. The van der Waals surface area contributed by atoms with Crippen LogP contribution in [0.1, 0.15) is 11.1 Å². The zero-order chi connectivity index (χ0) is 14.3. The first kappa shape index (κ1) is 13.0. The molecule has 3 aromatic carbocycles. The molecule has 0 bridgehead atoms. The summed E-state index contributed by atoms with van der Waals surface area (Å²) in [4.78, 5) is 0. The van der Waals surface area contributed by atoms with Crippen LogP contribution in [0.3, 0.4) is 0 Å². The Bertz CT molecular complexity index is 765. The average molecular weight is 269 g/mol. The largest absolute Gasteiger partial charge is 0.355 e. The molecular formula is C20H15N. The van der Waals surface area contributed by atoms with Gasteiger partial charge in [-0.15, -0.1) is 0 Å². The lowest BCUT2D eigenvalue weighted by Gasteiger charge is -2.08. The standard InChI is InChI=1S/C20H15N/c1-3-9-17(10-4-1)15-16-18-11-7-8-14-20(18)21-19-12-5-2-6-13-19/h1-14,21H. The summed E-state index contributed by atoms with van der Waals surface area (Å²) in [5.41, 5.74) is 4.09. The van der Waals surface area contributed by atoms with Crippen LogP contribution in [0.15, 0.2) is 84.9 Å². The van der Waals surface area contributed by atoms with Gasteiger partial charge in [0.05, 0.1) is 5.69 Å². The number of hydrogen-bond acceptors (Lipinski definition) is 1. The van der Waals surface area contributed by atoms with Gasteiger partial charge in [0.1, 0.15) is 0 Å². The molecule has 0 aromatic heterocycles. The van der Waals surface area contributed by atoms with Crippen LogP contribution in [0.5, 0.6) is 0 Å². The van der Waals surface area contributed by atoms with Crippen molar-refractivity contribution in [2.24, 2.45) is 0 Å². The second-order valence-corrected chi connectivity index (χ2v) is 4.65. The highest BCUT2D eigenvalue weighted by Gasteiger charge is 1.99. The van der Waals surface area contributed by atoms with E-state index in [0.29, 0.717) is 0 Å². The lowest BCUT2D eigenvalue weighted by Crippen LogP contribution is -1.92. The molecule has 3 rings (SSSR count). The lowest BCUT2D eigenvalue weighted by atomic mass is 10.1. The normalized spacial score (nSPS) is 9.52. The smallest absolute Gasteiger partial charge is 0.0543 e. The summed E-state index contributed by atoms with van der Waals surface area (Å²) < 4.78 is 0. The molecule has 0 radical (unpaired) electrons. The fourth-order valence-corrected chi connectivity index (χ4v) is 2.04. The molecule has 0 saturated carbocycles. The predicted octanol–water partition coefficient (Wildman–Crippen LogP) is 4.83. The zero-order valence-corrected chi connectivity index (χ0v) is 11.6. The van der Waals surface area contributed by atoms with E-state index in [4.69, 9.17) is 0 Å². The second-order valence-electron chi connectivity index (χ2n) is 4.65. The third-order valence-electron chi connectivity index (χ3n) is 3.10. The van der Waals surface area contributed by atoms with Gasteiger partial charge in [-0.3, -0.25) is 0 Å². The molecule has 0 aliphatic heterocycles. The van der Waals surface area contributed by atoms with Gasteiger partial charge in [-0.1, -0.05) is 60.4 Å². The maximum atomic E-state index is 3.41. The maximum absolute atomic E-state index is 3.41. The maximum Gasteiger partial charge on any atom is 0.0543 e. The third kappa shape index (κ3) is 3.52. The van der Waals surface area contributed by atoms with Crippen molar-refractivity contribution >= 4 is 11.4 Å². The Labute approximate surface area is 125 Å². The van der Waals surface area contributed by atoms with E-state index in [0.717, 1.165) is 22.5 Å². The van der Waals surface area contributed by atoms with Gasteiger partial charge < -0.3 is 5.32 Å². The molecule has 1 heteroatoms. The summed E-state index contributed by atoms with van der Waals surface area (Å²) in [5.74, 6) is 6.43. The summed E-state index contributed by atoms with van der Waals surface area (Å²) >= 11 is 0. The Hall–Kier alpha value is -2.98. The minimum Gasteiger partial charge on any atom is -0.355 e. The van der Waals surface area contributed by atoms with Crippen molar-refractivity contribution in [1.82, 2.24) is 0 Å². The lowest BCUT2D eigenvalue weighted by molar-refractivity contribution is 1.52. The summed E-state index contributed by atoms with van der Waals surface area (Å²) in [6.07, 6.45) is 0. The fourth-order valence-electron chi connectivity index (χ4n) is 2.04. The number of anilines is 2. The molecule has 0 atom stereocenters. The molecule has 0 saturated heterocycles. The van der Waals surface area contributed by atoms with Crippen molar-refractivity contribution in [1.29, 1.82) is 0 Å². The van der Waals surface area contributed by atoms with Gasteiger partial charge in [-0.25, -0.2) is 0 Å². The highest BCUT2D eigenvalue weighted by atomic mass is 14.9. The van der Waals surface area contributed by atoms with Crippen LogP contribution in [0.4, 0.5) is 11.4 Å². The Morgan fingerprint density at radius 3 is 1.95 bits per heavy atom. The molecule has 0 spiro atoms. The van der Waals surface area contributed by atoms with Crippen molar-refractivity contribution in [2.75, 3.05) is 5.32 Å². The molecule has 0 unspecified atom stereocenters. The van der Waals surface area contributed by atoms with E-state index in [1.54, 1.807) is 0 Å². The number of rotatable bonds is 2. The van der Waals surface area contributed by atoms with E-state index >= 15 is 0 Å². The molecule has 0 aliphatic carbocycles. The SMILES string of the molecule is C(#Cc1ccccc1Nc1ccccc1)c1ccccc1. The zero-order valence-electron chi connectivity index (χ0n) is 11.6. The summed E-state index contributed by atoms with van der Waals surface area (Å²) in [6.45, 7) is 0. The predicted molar refractivity (Wildman–Crippen MR) is 88.6 cm³/mol. The monoisotopic (exact) mass is 269 g/mol. The number of hydrogen-bond donors (Lipinski definition) is 1. The number of benzene rings is 3. The fraction of sp³-hybridized carbons (Fsp3) is 0. The third-order valence-corrected chi connectivity index (χ3v) is 3.10. The Morgan fingerprint density at radius 1 is 0.571 bits per heavy atom. The van der Waals surface area contributed by atoms with E-state index in [1.807, 2.05) is 84.9 Å². The van der Waals surface area contributed by atoms with Crippen LogP contribution in [0.2, 0.25) is 0 Å². The molecule has 100 valence electrons. The van der Waals surface area contributed by atoms with Gasteiger partial charge in [0, 0.05) is 16.8 Å². The van der Waals surface area contributed by atoms with Crippen molar-refractivity contribution in [2.45, 2.75) is 0 Å². The molecule has 1 N–H and O–H groups in total. The van der Waals surface area contributed by atoms with Crippen LogP contribution in [-0.4, -0.2) is 0 Å². The van der Waals surface area contributed by atoms with E-state index in [2.05, 4.69) is 17.2 Å². The minimum absolute atomic E-state index is 0.991. The van der Waals surface area contributed by atoms with E-state index < -0.39 is 0 Å². The molecular weight excluding hydrogens is 254 g/mol. The van der Waals surface area contributed by atoms with Crippen LogP contribution < -0.4 is 5.32 Å². The van der Waals surface area contributed by atoms with Crippen LogP contribution in [-0.2, 0) is 0 Å². The Morgan fingerprint density at radius 2 is 1.19 bits per heavy atom. The van der Waals surface area contributed by atoms with Gasteiger partial charge in [-0.2, -0.15) is 0 Å². The molecule has 3 aromatic rings. The van der Waals surface area contributed by atoms with Crippen LogP contribution in [0.25, 0.3) is 0 Å². The summed E-state index contributed by atoms with van der Waals surface area (Å²) in [7, 11) is 0. The van der Waals surface area contributed by atoms with Crippen molar-refractivity contribution in [3.05, 3.63) is 96.1 Å². The van der Waals surface area contributed by atoms with Gasteiger partial charge in [0.15, 0.2) is 0 Å². The topological polar surface area (TPSA) is 12.0 Å². The molecule has 0 fully saturated rings. The van der Waals surface area contributed by atoms with Crippen LogP contribution in [0, 0.1) is 11.8 Å². The van der Waals surface area contributed by atoms with Gasteiger partial charge in [0.2, 0.25) is 0 Å². The second kappa shape index (κ2) is 6.45. The van der Waals surface area contributed by atoms with Gasteiger partial charge in [0.25, 0.3) is 0 Å². The highest BCUT2D eigenvalue weighted by molar-refractivity contribution is 5.67. The van der Waals surface area contributed by atoms with E-state index in [9.17, 15) is 0 Å². The summed E-state index contributed by atoms with van der Waals surface area (Å²) in [5, 5.41) is 3.41.